The van der Waals surface area contributed by atoms with Gasteiger partial charge in [0.25, 0.3) is 0 Å². The molecule has 1 aromatic rings. The molecule has 1 saturated heterocycles. The van der Waals surface area contributed by atoms with Crippen molar-refractivity contribution < 1.29 is 18.3 Å². The fourth-order valence-electron chi connectivity index (χ4n) is 2.80. The van der Waals surface area contributed by atoms with Crippen molar-refractivity contribution in [2.75, 3.05) is 13.1 Å². The number of likely N-dealkylation sites (tertiary alicyclic amines) is 1. The molecule has 22 heavy (non-hydrogen) atoms. The van der Waals surface area contributed by atoms with E-state index in [1.54, 1.807) is 13.8 Å². The molecule has 1 N–H and O–H groups in total. The first-order valence-corrected chi connectivity index (χ1v) is 7.30. The average molecular weight is 311 g/mol. The van der Waals surface area contributed by atoms with E-state index in [9.17, 15) is 18.3 Å². The highest BCUT2D eigenvalue weighted by Crippen LogP contribution is 2.29. The topological polar surface area (TPSA) is 23.5 Å². The number of nitrogens with zero attached hydrogens (tertiary/aromatic N) is 1. The molecular formula is C17H20F3NO. The molecule has 1 aliphatic rings. The van der Waals surface area contributed by atoms with Crippen LogP contribution in [0.25, 0.3) is 0 Å². The van der Waals surface area contributed by atoms with Crippen molar-refractivity contribution in [1.29, 1.82) is 0 Å². The number of aliphatic hydroxyl groups is 1. The second-order valence-electron chi connectivity index (χ2n) is 6.16. The number of alkyl halides is 3. The maximum atomic E-state index is 12.5. The molecular weight excluding hydrogens is 291 g/mol. The highest BCUT2D eigenvalue weighted by atomic mass is 19.4. The van der Waals surface area contributed by atoms with Crippen molar-refractivity contribution in [1.82, 2.24) is 4.90 Å². The third-order valence-corrected chi connectivity index (χ3v) is 3.91. The van der Waals surface area contributed by atoms with Crippen LogP contribution >= 0.6 is 0 Å². The Morgan fingerprint density at radius 2 is 1.86 bits per heavy atom. The van der Waals surface area contributed by atoms with Crippen LogP contribution in [0, 0.1) is 11.8 Å². The fourth-order valence-corrected chi connectivity index (χ4v) is 2.80. The molecule has 0 aromatic heterocycles. The molecule has 2 rings (SSSR count). The zero-order chi connectivity index (χ0) is 16.4. The van der Waals surface area contributed by atoms with Crippen LogP contribution in [-0.4, -0.2) is 34.7 Å². The Morgan fingerprint density at radius 1 is 1.23 bits per heavy atom. The van der Waals surface area contributed by atoms with Gasteiger partial charge in [0.05, 0.1) is 17.7 Å². The third kappa shape index (κ3) is 4.25. The molecule has 0 amide bonds. The van der Waals surface area contributed by atoms with E-state index >= 15 is 0 Å². The molecule has 0 spiro atoms. The number of hydrogen-bond donors (Lipinski definition) is 1. The first-order chi connectivity index (χ1) is 10.2. The summed E-state index contributed by atoms with van der Waals surface area (Å²) >= 11 is 0. The summed E-state index contributed by atoms with van der Waals surface area (Å²) in [5.41, 5.74) is -0.876. The summed E-state index contributed by atoms with van der Waals surface area (Å²) in [4.78, 5) is 2.12. The summed E-state index contributed by atoms with van der Waals surface area (Å²) in [5, 5.41) is 10.1. The first kappa shape index (κ1) is 16.9. The van der Waals surface area contributed by atoms with E-state index < -0.39 is 17.3 Å². The van der Waals surface area contributed by atoms with Gasteiger partial charge in [0.15, 0.2) is 0 Å². The molecule has 1 aliphatic heterocycles. The summed E-state index contributed by atoms with van der Waals surface area (Å²) in [5.74, 6) is 5.87. The number of hydrogen-bond acceptors (Lipinski definition) is 2. The predicted octanol–water partition coefficient (Wildman–Crippen LogP) is 3.29. The molecule has 2 nitrogen and oxygen atoms in total. The van der Waals surface area contributed by atoms with E-state index in [-0.39, 0.29) is 6.04 Å². The smallest absolute Gasteiger partial charge is 0.389 e. The largest absolute Gasteiger partial charge is 0.416 e. The Morgan fingerprint density at radius 3 is 2.41 bits per heavy atom. The summed E-state index contributed by atoms with van der Waals surface area (Å²) in [7, 11) is 0. The molecule has 1 atom stereocenters. The molecule has 1 heterocycles. The van der Waals surface area contributed by atoms with Crippen LogP contribution in [0.2, 0.25) is 0 Å². The van der Waals surface area contributed by atoms with Gasteiger partial charge < -0.3 is 5.11 Å². The van der Waals surface area contributed by atoms with Gasteiger partial charge >= 0.3 is 6.18 Å². The summed E-state index contributed by atoms with van der Waals surface area (Å²) < 4.78 is 37.4. The van der Waals surface area contributed by atoms with E-state index in [1.165, 1.54) is 12.1 Å². The second-order valence-corrected chi connectivity index (χ2v) is 6.16. The Kier molecular flexibility index (Phi) is 4.84. The van der Waals surface area contributed by atoms with Crippen molar-refractivity contribution in [3.63, 3.8) is 0 Å². The van der Waals surface area contributed by atoms with Crippen LogP contribution in [0.3, 0.4) is 0 Å². The van der Waals surface area contributed by atoms with Gasteiger partial charge in [-0.2, -0.15) is 13.2 Å². The molecule has 0 aliphatic carbocycles. The van der Waals surface area contributed by atoms with Crippen molar-refractivity contribution in [3.05, 3.63) is 35.4 Å². The highest BCUT2D eigenvalue weighted by molar-refractivity contribution is 5.37. The monoisotopic (exact) mass is 311 g/mol. The van der Waals surface area contributed by atoms with E-state index in [2.05, 4.69) is 16.7 Å². The Labute approximate surface area is 128 Å². The SMILES string of the molecule is CC(C)(O)C1CCCN1CC#Cc1ccc(C(F)(F)F)cc1. The van der Waals surface area contributed by atoms with E-state index in [0.717, 1.165) is 31.5 Å². The number of benzene rings is 1. The van der Waals surface area contributed by atoms with Crippen LogP contribution in [0.15, 0.2) is 24.3 Å². The van der Waals surface area contributed by atoms with E-state index in [4.69, 9.17) is 0 Å². The molecule has 120 valence electrons. The lowest BCUT2D eigenvalue weighted by Gasteiger charge is -2.32. The van der Waals surface area contributed by atoms with Gasteiger partial charge in [-0.15, -0.1) is 0 Å². The zero-order valence-electron chi connectivity index (χ0n) is 12.7. The van der Waals surface area contributed by atoms with Gasteiger partial charge in [-0.3, -0.25) is 4.90 Å². The van der Waals surface area contributed by atoms with E-state index in [0.29, 0.717) is 12.1 Å². The summed E-state index contributed by atoms with van der Waals surface area (Å²) in [6, 6.07) is 4.92. The van der Waals surface area contributed by atoms with Crippen LogP contribution in [0.1, 0.15) is 37.8 Å². The summed E-state index contributed by atoms with van der Waals surface area (Å²) in [6.07, 6.45) is -2.36. The molecule has 0 radical (unpaired) electrons. The predicted molar refractivity (Wildman–Crippen MR) is 79.2 cm³/mol. The highest BCUT2D eigenvalue weighted by Gasteiger charge is 2.35. The second kappa shape index (κ2) is 6.31. The minimum atomic E-state index is -4.32. The fraction of sp³-hybridized carbons (Fsp3) is 0.529. The van der Waals surface area contributed by atoms with Crippen molar-refractivity contribution in [3.8, 4) is 11.8 Å². The standard InChI is InChI=1S/C17H20F3NO/c1-16(2,22)15-6-4-12-21(15)11-3-5-13-7-9-14(10-8-13)17(18,19)20/h7-10,15,22H,4,6,11-12H2,1-2H3. The average Bonchev–Trinajstić information content (AvgIpc) is 2.87. The minimum Gasteiger partial charge on any atom is -0.389 e. The maximum absolute atomic E-state index is 12.5. The van der Waals surface area contributed by atoms with Gasteiger partial charge in [-0.05, 0) is 57.5 Å². The quantitative estimate of drug-likeness (QED) is 0.847. The van der Waals surface area contributed by atoms with Crippen LogP contribution in [0.5, 0.6) is 0 Å². The number of rotatable bonds is 2. The molecule has 1 aromatic carbocycles. The lowest BCUT2D eigenvalue weighted by molar-refractivity contribution is -0.137. The maximum Gasteiger partial charge on any atom is 0.416 e. The normalized spacial score (nSPS) is 19.8. The molecule has 0 saturated carbocycles. The molecule has 1 fully saturated rings. The van der Waals surface area contributed by atoms with Crippen LogP contribution < -0.4 is 0 Å². The van der Waals surface area contributed by atoms with Gasteiger partial charge in [-0.25, -0.2) is 0 Å². The summed E-state index contributed by atoms with van der Waals surface area (Å²) in [6.45, 7) is 4.98. The molecule has 1 unspecified atom stereocenters. The Hall–Kier alpha value is -1.51. The molecule has 5 heteroatoms. The van der Waals surface area contributed by atoms with Crippen LogP contribution in [-0.2, 0) is 6.18 Å². The van der Waals surface area contributed by atoms with Crippen molar-refractivity contribution in [2.45, 2.75) is 44.5 Å². The third-order valence-electron chi connectivity index (χ3n) is 3.91. The van der Waals surface area contributed by atoms with Gasteiger partial charge in [0.1, 0.15) is 0 Å². The zero-order valence-corrected chi connectivity index (χ0v) is 12.7. The van der Waals surface area contributed by atoms with Crippen molar-refractivity contribution in [2.24, 2.45) is 0 Å². The van der Waals surface area contributed by atoms with Crippen LogP contribution in [0.4, 0.5) is 13.2 Å². The van der Waals surface area contributed by atoms with Crippen molar-refractivity contribution >= 4 is 0 Å². The Balaban J connectivity index is 1.99. The first-order valence-electron chi connectivity index (χ1n) is 7.30. The van der Waals surface area contributed by atoms with Gasteiger partial charge in [0.2, 0.25) is 0 Å². The lowest BCUT2D eigenvalue weighted by Crippen LogP contribution is -2.45. The Bertz CT molecular complexity index is 561. The van der Waals surface area contributed by atoms with Gasteiger partial charge in [-0.1, -0.05) is 11.8 Å². The minimum absolute atomic E-state index is 0.0782. The van der Waals surface area contributed by atoms with E-state index in [1.807, 2.05) is 0 Å². The van der Waals surface area contributed by atoms with Gasteiger partial charge in [0, 0.05) is 11.6 Å². The number of halogens is 3. The molecule has 0 bridgehead atoms. The lowest BCUT2D eigenvalue weighted by atomic mass is 9.97.